The molecule has 0 amide bonds. The van der Waals surface area contributed by atoms with Crippen LogP contribution in [0.2, 0.25) is 0 Å². The van der Waals surface area contributed by atoms with Gasteiger partial charge in [-0.05, 0) is 48.0 Å². The largest absolute Gasteiger partial charge is 0.457 e. The first kappa shape index (κ1) is 20.7. The maximum Gasteiger partial charge on any atom is 0.404 e. The number of anilines is 1. The lowest BCUT2D eigenvalue weighted by Crippen LogP contribution is -2.37. The van der Waals surface area contributed by atoms with E-state index in [0.29, 0.717) is 17.1 Å². The Balaban J connectivity index is 1.89. The summed E-state index contributed by atoms with van der Waals surface area (Å²) in [5.41, 5.74) is 0.557. The van der Waals surface area contributed by atoms with E-state index in [4.69, 9.17) is 4.74 Å². The third-order valence-corrected chi connectivity index (χ3v) is 5.54. The lowest BCUT2D eigenvalue weighted by molar-refractivity contribution is -0.106. The quantitative estimate of drug-likeness (QED) is 0.550. The van der Waals surface area contributed by atoms with Gasteiger partial charge in [0.05, 0.1) is 12.2 Å². The number of hydrogen-bond donors (Lipinski definition) is 0. The number of ether oxygens (including phenoxy) is 1. The van der Waals surface area contributed by atoms with Crippen LogP contribution in [0.4, 0.5) is 18.9 Å². The summed E-state index contributed by atoms with van der Waals surface area (Å²) in [6, 6.07) is 17.9. The van der Waals surface area contributed by atoms with Gasteiger partial charge in [0.1, 0.15) is 11.5 Å². The highest BCUT2D eigenvalue weighted by Crippen LogP contribution is 2.29. The van der Waals surface area contributed by atoms with Crippen molar-refractivity contribution in [3.63, 3.8) is 0 Å². The van der Waals surface area contributed by atoms with Crippen molar-refractivity contribution >= 4 is 15.7 Å². The molecule has 152 valence electrons. The Morgan fingerprint density at radius 2 is 1.55 bits per heavy atom. The number of alkyl halides is 3. The van der Waals surface area contributed by atoms with E-state index in [9.17, 15) is 21.6 Å². The zero-order valence-electron chi connectivity index (χ0n) is 15.1. The Morgan fingerprint density at radius 1 is 0.897 bits per heavy atom. The SMILES string of the molecule is O=S(=O)(CC(F)(F)F)N(Cc1cccnc1)c1ccc(Oc2ccccc2)cc1. The minimum absolute atomic E-state index is 0.0958. The maximum atomic E-state index is 12.8. The van der Waals surface area contributed by atoms with E-state index in [1.807, 2.05) is 6.07 Å². The molecule has 0 N–H and O–H groups in total. The number of hydrogen-bond acceptors (Lipinski definition) is 4. The van der Waals surface area contributed by atoms with Crippen molar-refractivity contribution in [1.29, 1.82) is 0 Å². The van der Waals surface area contributed by atoms with Crippen LogP contribution in [-0.4, -0.2) is 25.3 Å². The van der Waals surface area contributed by atoms with E-state index in [1.54, 1.807) is 36.4 Å². The summed E-state index contributed by atoms with van der Waals surface area (Å²) < 4.78 is 69.8. The van der Waals surface area contributed by atoms with Crippen LogP contribution >= 0.6 is 0 Å². The summed E-state index contributed by atoms with van der Waals surface area (Å²) in [5, 5.41) is 0. The minimum atomic E-state index is -4.86. The van der Waals surface area contributed by atoms with E-state index < -0.39 is 22.0 Å². The van der Waals surface area contributed by atoms with Gasteiger partial charge in [-0.15, -0.1) is 0 Å². The van der Waals surface area contributed by atoms with E-state index >= 15 is 0 Å². The van der Waals surface area contributed by atoms with E-state index in [2.05, 4.69) is 4.98 Å². The molecule has 2 aromatic carbocycles. The van der Waals surface area contributed by atoms with Gasteiger partial charge >= 0.3 is 6.18 Å². The van der Waals surface area contributed by atoms with E-state index in [1.165, 1.54) is 36.7 Å². The van der Waals surface area contributed by atoms with Crippen molar-refractivity contribution < 1.29 is 26.3 Å². The third kappa shape index (κ3) is 5.95. The summed E-state index contributed by atoms with van der Waals surface area (Å²) >= 11 is 0. The predicted molar refractivity (Wildman–Crippen MR) is 103 cm³/mol. The van der Waals surface area contributed by atoms with Crippen LogP contribution in [0.3, 0.4) is 0 Å². The molecular formula is C20H17F3N2O3S. The molecule has 3 rings (SSSR count). The molecule has 0 aliphatic carbocycles. The fourth-order valence-electron chi connectivity index (χ4n) is 2.60. The topological polar surface area (TPSA) is 59.5 Å². The standard InChI is InChI=1S/C20H17F3N2O3S/c21-20(22,23)15-29(26,27)25(14-16-5-4-12-24-13-16)17-8-10-19(11-9-17)28-18-6-2-1-3-7-18/h1-13H,14-15H2. The van der Waals surface area contributed by atoms with Gasteiger partial charge in [0.2, 0.25) is 10.0 Å². The zero-order chi connectivity index (χ0) is 20.9. The fraction of sp³-hybridized carbons (Fsp3) is 0.150. The molecule has 0 aliphatic heterocycles. The van der Waals surface area contributed by atoms with Crippen molar-refractivity contribution in [2.24, 2.45) is 0 Å². The Labute approximate surface area is 166 Å². The van der Waals surface area contributed by atoms with Crippen LogP contribution < -0.4 is 9.04 Å². The summed E-state index contributed by atoms with van der Waals surface area (Å²) in [7, 11) is -4.66. The molecule has 0 fully saturated rings. The van der Waals surface area contributed by atoms with Crippen LogP contribution in [0, 0.1) is 0 Å². The first-order valence-corrected chi connectivity index (χ1v) is 10.1. The van der Waals surface area contributed by atoms with Gasteiger partial charge in [0, 0.05) is 12.4 Å². The van der Waals surface area contributed by atoms with Gasteiger partial charge in [-0.2, -0.15) is 13.2 Å². The Bertz CT molecular complexity index is 1030. The highest BCUT2D eigenvalue weighted by molar-refractivity contribution is 7.92. The average Bonchev–Trinajstić information content (AvgIpc) is 2.67. The molecule has 1 aromatic heterocycles. The number of benzene rings is 2. The number of halogens is 3. The second kappa shape index (κ2) is 8.52. The molecule has 3 aromatic rings. The van der Waals surface area contributed by atoms with E-state index in [0.717, 1.165) is 4.31 Å². The first-order valence-electron chi connectivity index (χ1n) is 8.52. The highest BCUT2D eigenvalue weighted by atomic mass is 32.2. The zero-order valence-corrected chi connectivity index (χ0v) is 15.9. The normalized spacial score (nSPS) is 11.8. The molecule has 9 heteroatoms. The third-order valence-electron chi connectivity index (χ3n) is 3.83. The fourth-order valence-corrected chi connectivity index (χ4v) is 3.96. The number of pyridine rings is 1. The molecule has 0 bridgehead atoms. The summed E-state index contributed by atoms with van der Waals surface area (Å²) in [6.45, 7) is -0.273. The molecule has 0 saturated carbocycles. The molecule has 1 heterocycles. The number of sulfonamides is 1. The lowest BCUT2D eigenvalue weighted by atomic mass is 10.2. The second-order valence-electron chi connectivity index (χ2n) is 6.15. The Kier molecular flexibility index (Phi) is 6.07. The molecule has 0 saturated heterocycles. The van der Waals surface area contributed by atoms with Crippen LogP contribution in [-0.2, 0) is 16.6 Å². The second-order valence-corrected chi connectivity index (χ2v) is 8.04. The maximum absolute atomic E-state index is 12.8. The summed E-state index contributed by atoms with van der Waals surface area (Å²) in [4.78, 5) is 3.89. The van der Waals surface area contributed by atoms with Crippen molar-refractivity contribution in [3.05, 3.63) is 84.7 Å². The number of aromatic nitrogens is 1. The van der Waals surface area contributed by atoms with Gasteiger partial charge in [0.25, 0.3) is 0 Å². The van der Waals surface area contributed by atoms with Crippen LogP contribution in [0.25, 0.3) is 0 Å². The molecular weight excluding hydrogens is 405 g/mol. The van der Waals surface area contributed by atoms with Crippen LogP contribution in [0.15, 0.2) is 79.1 Å². The lowest BCUT2D eigenvalue weighted by Gasteiger charge is -2.25. The molecule has 0 aliphatic rings. The average molecular weight is 422 g/mol. The molecule has 5 nitrogen and oxygen atoms in total. The van der Waals surface area contributed by atoms with Crippen LogP contribution in [0.1, 0.15) is 5.56 Å². The first-order chi connectivity index (χ1) is 13.7. The van der Waals surface area contributed by atoms with Crippen molar-refractivity contribution in [1.82, 2.24) is 4.98 Å². The Morgan fingerprint density at radius 3 is 2.14 bits per heavy atom. The highest BCUT2D eigenvalue weighted by Gasteiger charge is 2.38. The van der Waals surface area contributed by atoms with Crippen molar-refractivity contribution in [3.8, 4) is 11.5 Å². The van der Waals surface area contributed by atoms with E-state index in [-0.39, 0.29) is 12.2 Å². The number of nitrogens with zero attached hydrogens (tertiary/aromatic N) is 2. The van der Waals surface area contributed by atoms with Crippen molar-refractivity contribution in [2.75, 3.05) is 10.1 Å². The van der Waals surface area contributed by atoms with Crippen LogP contribution in [0.5, 0.6) is 11.5 Å². The molecule has 0 unspecified atom stereocenters. The van der Waals surface area contributed by atoms with Crippen molar-refractivity contribution in [2.45, 2.75) is 12.7 Å². The smallest absolute Gasteiger partial charge is 0.404 e. The van der Waals surface area contributed by atoms with Gasteiger partial charge in [-0.1, -0.05) is 24.3 Å². The summed E-state index contributed by atoms with van der Waals surface area (Å²) in [5.74, 6) is -0.950. The van der Waals surface area contributed by atoms with Gasteiger partial charge in [-0.3, -0.25) is 9.29 Å². The molecule has 29 heavy (non-hydrogen) atoms. The van der Waals surface area contributed by atoms with Gasteiger partial charge < -0.3 is 4.74 Å². The monoisotopic (exact) mass is 422 g/mol. The number of rotatable bonds is 7. The molecule has 0 atom stereocenters. The van der Waals surface area contributed by atoms with Gasteiger partial charge in [-0.25, -0.2) is 8.42 Å². The van der Waals surface area contributed by atoms with Gasteiger partial charge in [0.15, 0.2) is 5.75 Å². The minimum Gasteiger partial charge on any atom is -0.457 e. The summed E-state index contributed by atoms with van der Waals surface area (Å²) in [6.07, 6.45) is -1.96. The molecule has 0 spiro atoms. The Hall–Kier alpha value is -3.07. The molecule has 0 radical (unpaired) electrons. The number of para-hydroxylation sites is 1. The predicted octanol–water partition coefficient (Wildman–Crippen LogP) is 4.77.